The van der Waals surface area contributed by atoms with E-state index in [1.54, 1.807) is 20.8 Å². The summed E-state index contributed by atoms with van der Waals surface area (Å²) in [7, 11) is 0. The maximum atomic E-state index is 12.2. The number of ether oxygens (including phenoxy) is 1. The van der Waals surface area contributed by atoms with Crippen LogP contribution in [0.3, 0.4) is 0 Å². The zero-order valence-electron chi connectivity index (χ0n) is 15.1. The van der Waals surface area contributed by atoms with Crippen molar-refractivity contribution in [2.24, 2.45) is 10.7 Å². The van der Waals surface area contributed by atoms with Gasteiger partial charge in [0.2, 0.25) is 0 Å². The summed E-state index contributed by atoms with van der Waals surface area (Å²) >= 11 is 0. The van der Waals surface area contributed by atoms with Crippen molar-refractivity contribution >= 4 is 29.7 Å². The van der Waals surface area contributed by atoms with Gasteiger partial charge in [-0.1, -0.05) is 0 Å². The van der Waals surface area contributed by atoms with Crippen LogP contribution in [0, 0.1) is 10.1 Å². The Morgan fingerprint density at radius 2 is 1.89 bits per heavy atom. The normalized spacial score (nSPS) is 16.1. The van der Waals surface area contributed by atoms with Crippen LogP contribution in [0.15, 0.2) is 4.99 Å². The zero-order valence-corrected chi connectivity index (χ0v) is 15.1. The van der Waals surface area contributed by atoms with E-state index in [1.165, 1.54) is 0 Å². The third-order valence-electron chi connectivity index (χ3n) is 2.93. The van der Waals surface area contributed by atoms with E-state index in [-0.39, 0.29) is 12.8 Å². The van der Waals surface area contributed by atoms with E-state index < -0.39 is 59.4 Å². The van der Waals surface area contributed by atoms with E-state index in [4.69, 9.17) is 15.3 Å². The third kappa shape index (κ3) is 7.66. The van der Waals surface area contributed by atoms with Gasteiger partial charge >= 0.3 is 12.1 Å². The molecule has 1 rings (SSSR count). The quantitative estimate of drug-likeness (QED) is 0.184. The highest BCUT2D eigenvalue weighted by Crippen LogP contribution is 2.13. The number of imide groups is 1. The number of nitro groups is 1. The van der Waals surface area contributed by atoms with Gasteiger partial charge in [0.1, 0.15) is 5.60 Å². The molecule has 1 heterocycles. The average molecular weight is 387 g/mol. The van der Waals surface area contributed by atoms with Crippen molar-refractivity contribution in [3.8, 4) is 0 Å². The first kappa shape index (κ1) is 21.8. The summed E-state index contributed by atoms with van der Waals surface area (Å²) in [5.41, 5.74) is 4.49. The second kappa shape index (κ2) is 8.91. The Morgan fingerprint density at radius 1 is 1.33 bits per heavy atom. The first-order valence-electron chi connectivity index (χ1n) is 7.86. The van der Waals surface area contributed by atoms with Crippen LogP contribution in [0.4, 0.5) is 4.79 Å². The molecular weight excluding hydrogens is 366 g/mol. The topological polar surface area (TPSA) is 184 Å². The van der Waals surface area contributed by atoms with Crippen LogP contribution in [-0.4, -0.2) is 64.4 Å². The summed E-state index contributed by atoms with van der Waals surface area (Å²) in [6.45, 7) is 3.49. The van der Waals surface area contributed by atoms with Gasteiger partial charge in [-0.2, -0.15) is 0 Å². The van der Waals surface area contributed by atoms with Crippen molar-refractivity contribution < 1.29 is 33.7 Å². The number of aliphatic imine (C=N–C) groups is 1. The number of alkyl carbamates (subject to hydrolysis) is 1. The number of nitrogens with two attached hydrogens (primary N) is 1. The second-order valence-electron chi connectivity index (χ2n) is 6.51. The predicted octanol–water partition coefficient (Wildman–Crippen LogP) is -0.879. The molecule has 13 nitrogen and oxygen atoms in total. The van der Waals surface area contributed by atoms with Gasteiger partial charge in [0.15, 0.2) is 11.9 Å². The van der Waals surface area contributed by atoms with Gasteiger partial charge in [-0.15, -0.1) is 5.06 Å². The Labute approximate surface area is 154 Å². The number of rotatable bonds is 7. The fraction of sp³-hybridized carbons (Fsp3) is 0.643. The number of hydrogen-bond donors (Lipinski definition) is 2. The van der Waals surface area contributed by atoms with Gasteiger partial charge in [-0.25, -0.2) is 9.59 Å². The van der Waals surface area contributed by atoms with Crippen molar-refractivity contribution in [1.82, 2.24) is 10.4 Å². The largest absolute Gasteiger partial charge is 0.444 e. The summed E-state index contributed by atoms with van der Waals surface area (Å²) in [6.07, 6.45) is -1.21. The summed E-state index contributed by atoms with van der Waals surface area (Å²) < 4.78 is 5.01. The van der Waals surface area contributed by atoms with E-state index >= 15 is 0 Å². The van der Waals surface area contributed by atoms with Crippen LogP contribution in [0.1, 0.15) is 33.6 Å². The number of hydroxylamine groups is 2. The zero-order chi connectivity index (χ0) is 20.8. The van der Waals surface area contributed by atoms with Crippen molar-refractivity contribution in [3.63, 3.8) is 0 Å². The average Bonchev–Trinajstić information content (AvgIpc) is 2.80. The maximum absolute atomic E-state index is 12.2. The lowest BCUT2D eigenvalue weighted by molar-refractivity contribution is -0.463. The molecule has 1 fully saturated rings. The molecule has 0 radical (unpaired) electrons. The van der Waals surface area contributed by atoms with E-state index in [0.717, 1.165) is 0 Å². The minimum absolute atomic E-state index is 0.107. The van der Waals surface area contributed by atoms with Crippen LogP contribution >= 0.6 is 0 Å². The molecule has 0 aromatic carbocycles. The Balaban J connectivity index is 2.86. The molecule has 3 N–H and O–H groups in total. The van der Waals surface area contributed by atoms with Gasteiger partial charge < -0.3 is 20.6 Å². The lowest BCUT2D eigenvalue weighted by Crippen LogP contribution is -2.48. The number of nitrogens with one attached hydrogen (secondary N) is 1. The molecule has 3 amide bonds. The molecule has 1 unspecified atom stereocenters. The Hall–Kier alpha value is -3.25. The van der Waals surface area contributed by atoms with Gasteiger partial charge in [0.25, 0.3) is 18.4 Å². The maximum Gasteiger partial charge on any atom is 0.408 e. The minimum Gasteiger partial charge on any atom is -0.444 e. The fourth-order valence-electron chi connectivity index (χ4n) is 1.83. The molecule has 0 aliphatic carbocycles. The van der Waals surface area contributed by atoms with Gasteiger partial charge in [0.05, 0.1) is 6.54 Å². The predicted molar refractivity (Wildman–Crippen MR) is 88.7 cm³/mol. The number of amidine groups is 1. The lowest BCUT2D eigenvalue weighted by atomic mass is 10.2. The summed E-state index contributed by atoms with van der Waals surface area (Å²) in [5.74, 6) is -2.99. The van der Waals surface area contributed by atoms with Crippen molar-refractivity contribution in [1.29, 1.82) is 0 Å². The molecule has 0 aromatic rings. The Bertz CT molecular complexity index is 653. The number of amides is 3. The summed E-state index contributed by atoms with van der Waals surface area (Å²) in [4.78, 5) is 65.2. The molecule has 1 aliphatic heterocycles. The number of carbonyl (C=O) groups excluding carboxylic acids is 4. The highest BCUT2D eigenvalue weighted by atomic mass is 16.7. The monoisotopic (exact) mass is 387 g/mol. The smallest absolute Gasteiger partial charge is 0.408 e. The fourth-order valence-corrected chi connectivity index (χ4v) is 1.83. The lowest BCUT2D eigenvalue weighted by Gasteiger charge is -2.23. The first-order valence-corrected chi connectivity index (χ1v) is 7.86. The van der Waals surface area contributed by atoms with E-state index in [2.05, 4.69) is 10.3 Å². The van der Waals surface area contributed by atoms with Crippen LogP contribution in [0.2, 0.25) is 0 Å². The highest BCUT2D eigenvalue weighted by molar-refractivity contribution is 6.01. The molecule has 27 heavy (non-hydrogen) atoms. The van der Waals surface area contributed by atoms with Crippen LogP contribution < -0.4 is 11.1 Å². The van der Waals surface area contributed by atoms with Crippen molar-refractivity contribution in [2.45, 2.75) is 45.3 Å². The molecular formula is C14H21N5O8. The van der Waals surface area contributed by atoms with E-state index in [1.807, 2.05) is 0 Å². The molecule has 150 valence electrons. The molecule has 0 spiro atoms. The molecule has 1 saturated heterocycles. The highest BCUT2D eigenvalue weighted by Gasteiger charge is 2.35. The molecule has 1 atom stereocenters. The van der Waals surface area contributed by atoms with Crippen LogP contribution in [0.25, 0.3) is 0 Å². The number of nitrogens with zero attached hydrogens (tertiary/aromatic N) is 3. The molecule has 0 aromatic heterocycles. The third-order valence-corrected chi connectivity index (χ3v) is 2.93. The van der Waals surface area contributed by atoms with Gasteiger partial charge in [-0.05, 0) is 20.8 Å². The summed E-state index contributed by atoms with van der Waals surface area (Å²) in [6, 6.07) is -1.49. The van der Waals surface area contributed by atoms with Crippen molar-refractivity contribution in [3.05, 3.63) is 10.1 Å². The van der Waals surface area contributed by atoms with E-state index in [9.17, 15) is 29.3 Å². The minimum atomic E-state index is -1.49. The van der Waals surface area contributed by atoms with Gasteiger partial charge in [-0.3, -0.25) is 24.7 Å². The molecule has 0 bridgehead atoms. The van der Waals surface area contributed by atoms with Gasteiger partial charge in [0, 0.05) is 17.8 Å². The summed E-state index contributed by atoms with van der Waals surface area (Å²) in [5, 5.41) is 12.9. The van der Waals surface area contributed by atoms with Crippen LogP contribution in [-0.2, 0) is 24.0 Å². The number of hydrogen-bond acceptors (Lipinski definition) is 9. The van der Waals surface area contributed by atoms with Crippen molar-refractivity contribution in [2.75, 3.05) is 13.1 Å². The number of carbonyl (C=O) groups is 4. The van der Waals surface area contributed by atoms with Crippen LogP contribution in [0.5, 0.6) is 0 Å². The first-order chi connectivity index (χ1) is 12.4. The Morgan fingerprint density at radius 3 is 2.37 bits per heavy atom. The SMILES string of the molecule is CC(C)(C)OC(=O)NC(CN=C(N)C[N+](=O)[O-])C(=O)ON1C(=O)CCC1=O. The molecule has 13 heteroatoms. The standard InChI is InChI=1S/C14H21N5O8/c1-14(2,3)26-13(23)17-8(6-16-9(15)7-18(24)25)12(22)27-19-10(20)4-5-11(19)21/h8H,4-7H2,1-3H3,(H2,15,16)(H,17,23). The van der Waals surface area contributed by atoms with E-state index in [0.29, 0.717) is 5.06 Å². The second-order valence-corrected chi connectivity index (χ2v) is 6.51. The molecule has 0 saturated carbocycles. The Kier molecular flexibility index (Phi) is 7.19. The molecule has 1 aliphatic rings.